The van der Waals surface area contributed by atoms with Crippen LogP contribution >= 0.6 is 0 Å². The van der Waals surface area contributed by atoms with Gasteiger partial charge in [0.25, 0.3) is 0 Å². The highest BCUT2D eigenvalue weighted by molar-refractivity contribution is 4.85. The van der Waals surface area contributed by atoms with Gasteiger partial charge in [0.05, 0.1) is 12.7 Å². The lowest BCUT2D eigenvalue weighted by atomic mass is 9.74. The molecule has 2 atom stereocenters. The summed E-state index contributed by atoms with van der Waals surface area (Å²) in [5.41, 5.74) is 0.372. The molecule has 0 aliphatic carbocycles. The molecule has 19 heavy (non-hydrogen) atoms. The highest BCUT2D eigenvalue weighted by Gasteiger charge is 2.32. The number of ether oxygens (including phenoxy) is 1. The van der Waals surface area contributed by atoms with Crippen LogP contribution in [0.1, 0.15) is 26.7 Å². The van der Waals surface area contributed by atoms with Gasteiger partial charge in [-0.3, -0.25) is 0 Å². The second-order valence-corrected chi connectivity index (χ2v) is 6.92. The van der Waals surface area contributed by atoms with Crippen molar-refractivity contribution >= 4 is 0 Å². The zero-order valence-electron chi connectivity index (χ0n) is 12.9. The van der Waals surface area contributed by atoms with E-state index < -0.39 is 0 Å². The van der Waals surface area contributed by atoms with E-state index in [1.165, 1.54) is 25.9 Å². The van der Waals surface area contributed by atoms with Crippen molar-refractivity contribution in [1.82, 2.24) is 15.5 Å². The Morgan fingerprint density at radius 1 is 1.42 bits per heavy atom. The summed E-state index contributed by atoms with van der Waals surface area (Å²) in [5.74, 6) is 0.809. The fourth-order valence-corrected chi connectivity index (χ4v) is 3.25. The maximum atomic E-state index is 5.72. The minimum Gasteiger partial charge on any atom is -0.374 e. The highest BCUT2D eigenvalue weighted by Crippen LogP contribution is 2.32. The summed E-state index contributed by atoms with van der Waals surface area (Å²) in [6.07, 6.45) is 3.07. The Morgan fingerprint density at radius 3 is 2.95 bits per heavy atom. The fourth-order valence-electron chi connectivity index (χ4n) is 3.25. The van der Waals surface area contributed by atoms with Crippen molar-refractivity contribution < 1.29 is 4.74 Å². The summed E-state index contributed by atoms with van der Waals surface area (Å²) in [4.78, 5) is 2.48. The van der Waals surface area contributed by atoms with Gasteiger partial charge in [-0.2, -0.15) is 0 Å². The van der Waals surface area contributed by atoms with Crippen molar-refractivity contribution in [3.63, 3.8) is 0 Å². The zero-order valence-corrected chi connectivity index (χ0v) is 12.9. The Kier molecular flexibility index (Phi) is 5.63. The van der Waals surface area contributed by atoms with Crippen LogP contribution in [0.15, 0.2) is 0 Å². The lowest BCUT2D eigenvalue weighted by Gasteiger charge is -2.41. The molecule has 2 fully saturated rings. The standard InChI is InChI=1S/C15H31N3O/c1-15(2,13-5-4-7-18(3)11-13)12-17-10-14-9-16-6-8-19-14/h13-14,16-17H,4-12H2,1-3H3. The van der Waals surface area contributed by atoms with Gasteiger partial charge in [-0.25, -0.2) is 0 Å². The molecule has 4 heteroatoms. The summed E-state index contributed by atoms with van der Waals surface area (Å²) in [7, 11) is 2.25. The Balaban J connectivity index is 1.70. The molecule has 0 bridgehead atoms. The molecule has 0 saturated carbocycles. The maximum absolute atomic E-state index is 5.72. The van der Waals surface area contributed by atoms with Crippen molar-refractivity contribution in [1.29, 1.82) is 0 Å². The van der Waals surface area contributed by atoms with Gasteiger partial charge in [-0.15, -0.1) is 0 Å². The third kappa shape index (κ3) is 4.71. The van der Waals surface area contributed by atoms with E-state index in [9.17, 15) is 0 Å². The molecule has 0 aromatic carbocycles. The van der Waals surface area contributed by atoms with E-state index >= 15 is 0 Å². The highest BCUT2D eigenvalue weighted by atomic mass is 16.5. The third-order valence-corrected chi connectivity index (χ3v) is 4.69. The molecule has 0 spiro atoms. The predicted octanol–water partition coefficient (Wildman–Crippen LogP) is 0.932. The smallest absolute Gasteiger partial charge is 0.0824 e. The Hall–Kier alpha value is -0.160. The minimum atomic E-state index is 0.346. The van der Waals surface area contributed by atoms with E-state index in [-0.39, 0.29) is 0 Å². The molecule has 2 N–H and O–H groups in total. The number of piperidine rings is 1. The summed E-state index contributed by atoms with van der Waals surface area (Å²) in [6, 6.07) is 0. The number of nitrogens with one attached hydrogen (secondary N) is 2. The molecule has 2 aliphatic rings. The van der Waals surface area contributed by atoms with E-state index in [0.717, 1.165) is 38.7 Å². The summed E-state index contributed by atoms with van der Waals surface area (Å²) >= 11 is 0. The maximum Gasteiger partial charge on any atom is 0.0824 e. The molecule has 0 aromatic heterocycles. The van der Waals surface area contributed by atoms with Gasteiger partial charge < -0.3 is 20.3 Å². The van der Waals surface area contributed by atoms with Gasteiger partial charge in [0.15, 0.2) is 0 Å². The summed E-state index contributed by atoms with van der Waals surface area (Å²) in [6.45, 7) is 12.2. The zero-order chi connectivity index (χ0) is 13.7. The molecule has 0 aromatic rings. The largest absolute Gasteiger partial charge is 0.374 e. The summed E-state index contributed by atoms with van der Waals surface area (Å²) in [5, 5.41) is 7.00. The van der Waals surface area contributed by atoms with Crippen LogP contribution in [-0.4, -0.2) is 63.9 Å². The van der Waals surface area contributed by atoms with E-state index in [4.69, 9.17) is 4.74 Å². The van der Waals surface area contributed by atoms with Gasteiger partial charge in [-0.1, -0.05) is 13.8 Å². The number of rotatable bonds is 5. The molecule has 2 rings (SSSR count). The SMILES string of the molecule is CN1CCCC(C(C)(C)CNCC2CNCCO2)C1. The van der Waals surface area contributed by atoms with Crippen LogP contribution in [0.5, 0.6) is 0 Å². The van der Waals surface area contributed by atoms with E-state index in [1.54, 1.807) is 0 Å². The lowest BCUT2D eigenvalue weighted by molar-refractivity contribution is 0.0254. The molecule has 2 unspecified atom stereocenters. The van der Waals surface area contributed by atoms with Crippen LogP contribution in [0.2, 0.25) is 0 Å². The van der Waals surface area contributed by atoms with Gasteiger partial charge in [0.2, 0.25) is 0 Å². The van der Waals surface area contributed by atoms with E-state index in [0.29, 0.717) is 11.5 Å². The first-order chi connectivity index (χ1) is 9.08. The molecular weight excluding hydrogens is 238 g/mol. The second kappa shape index (κ2) is 7.02. The number of nitrogens with zero attached hydrogens (tertiary/aromatic N) is 1. The number of morpholine rings is 1. The lowest BCUT2D eigenvalue weighted by Crippen LogP contribution is -2.48. The molecular formula is C15H31N3O. The van der Waals surface area contributed by atoms with E-state index in [2.05, 4.69) is 36.4 Å². The number of hydrogen-bond acceptors (Lipinski definition) is 4. The molecule has 0 radical (unpaired) electrons. The Morgan fingerprint density at radius 2 is 2.26 bits per heavy atom. The molecule has 4 nitrogen and oxygen atoms in total. The molecule has 0 amide bonds. The second-order valence-electron chi connectivity index (χ2n) is 6.92. The normalized spacial score (nSPS) is 30.5. The van der Waals surface area contributed by atoms with Crippen LogP contribution in [0.4, 0.5) is 0 Å². The summed E-state index contributed by atoms with van der Waals surface area (Å²) < 4.78 is 5.72. The average Bonchev–Trinajstić information content (AvgIpc) is 2.40. The van der Waals surface area contributed by atoms with Crippen molar-refractivity contribution in [3.05, 3.63) is 0 Å². The van der Waals surface area contributed by atoms with Crippen LogP contribution in [0.25, 0.3) is 0 Å². The van der Waals surface area contributed by atoms with Crippen molar-refractivity contribution in [3.8, 4) is 0 Å². The Labute approximate surface area is 118 Å². The topological polar surface area (TPSA) is 36.5 Å². The van der Waals surface area contributed by atoms with Crippen molar-refractivity contribution in [2.75, 3.05) is 52.9 Å². The number of hydrogen-bond donors (Lipinski definition) is 2. The van der Waals surface area contributed by atoms with Gasteiger partial charge >= 0.3 is 0 Å². The molecule has 2 saturated heterocycles. The molecule has 112 valence electrons. The van der Waals surface area contributed by atoms with Crippen LogP contribution < -0.4 is 10.6 Å². The molecule has 2 heterocycles. The quantitative estimate of drug-likeness (QED) is 0.778. The first-order valence-corrected chi connectivity index (χ1v) is 7.79. The molecule has 2 aliphatic heterocycles. The van der Waals surface area contributed by atoms with Crippen LogP contribution in [-0.2, 0) is 4.74 Å². The van der Waals surface area contributed by atoms with Gasteiger partial charge in [-0.05, 0) is 37.8 Å². The van der Waals surface area contributed by atoms with Gasteiger partial charge in [0.1, 0.15) is 0 Å². The van der Waals surface area contributed by atoms with Crippen molar-refractivity contribution in [2.45, 2.75) is 32.8 Å². The number of likely N-dealkylation sites (tertiary alicyclic amines) is 1. The fraction of sp³-hybridized carbons (Fsp3) is 1.00. The van der Waals surface area contributed by atoms with Crippen molar-refractivity contribution in [2.24, 2.45) is 11.3 Å². The monoisotopic (exact) mass is 269 g/mol. The van der Waals surface area contributed by atoms with Gasteiger partial charge in [0, 0.05) is 32.7 Å². The third-order valence-electron chi connectivity index (χ3n) is 4.69. The van der Waals surface area contributed by atoms with E-state index in [1.807, 2.05) is 0 Å². The predicted molar refractivity (Wildman–Crippen MR) is 79.5 cm³/mol. The first kappa shape index (κ1) is 15.2. The van der Waals surface area contributed by atoms with Crippen LogP contribution in [0.3, 0.4) is 0 Å². The average molecular weight is 269 g/mol. The minimum absolute atomic E-state index is 0.346. The Bertz CT molecular complexity index is 264. The first-order valence-electron chi connectivity index (χ1n) is 7.79. The van der Waals surface area contributed by atoms with Crippen LogP contribution in [0, 0.1) is 11.3 Å².